The SMILES string of the molecule is Cc1nnc(COc2ccsc2C(=O)O)n1C. The first kappa shape index (κ1) is 11.6. The lowest BCUT2D eigenvalue weighted by molar-refractivity contribution is 0.0697. The molecule has 0 aliphatic carbocycles. The van der Waals surface area contributed by atoms with Gasteiger partial charge in [-0.2, -0.15) is 0 Å². The van der Waals surface area contributed by atoms with Gasteiger partial charge in [-0.1, -0.05) is 0 Å². The Morgan fingerprint density at radius 3 is 2.94 bits per heavy atom. The summed E-state index contributed by atoms with van der Waals surface area (Å²) in [6.07, 6.45) is 0. The van der Waals surface area contributed by atoms with E-state index in [-0.39, 0.29) is 11.5 Å². The summed E-state index contributed by atoms with van der Waals surface area (Å²) in [6.45, 7) is 2.04. The number of aryl methyl sites for hydroxylation is 1. The minimum atomic E-state index is -0.982. The molecule has 0 spiro atoms. The van der Waals surface area contributed by atoms with Crippen molar-refractivity contribution in [3.05, 3.63) is 28.0 Å². The van der Waals surface area contributed by atoms with E-state index in [0.29, 0.717) is 11.6 Å². The predicted octanol–water partition coefficient (Wildman–Crippen LogP) is 1.46. The molecule has 0 unspecified atom stereocenters. The van der Waals surface area contributed by atoms with Gasteiger partial charge in [-0.3, -0.25) is 0 Å². The summed E-state index contributed by atoms with van der Waals surface area (Å²) in [5.41, 5.74) is 0. The van der Waals surface area contributed by atoms with Crippen LogP contribution in [-0.2, 0) is 13.7 Å². The van der Waals surface area contributed by atoms with E-state index in [2.05, 4.69) is 10.2 Å². The lowest BCUT2D eigenvalue weighted by Gasteiger charge is -2.04. The fourth-order valence-electron chi connectivity index (χ4n) is 1.29. The maximum absolute atomic E-state index is 10.9. The number of aromatic nitrogens is 3. The molecule has 17 heavy (non-hydrogen) atoms. The quantitative estimate of drug-likeness (QED) is 0.892. The van der Waals surface area contributed by atoms with Crippen LogP contribution in [0.4, 0.5) is 0 Å². The number of hydrogen-bond donors (Lipinski definition) is 1. The number of carbonyl (C=O) groups is 1. The number of carboxylic acid groups (broad SMARTS) is 1. The zero-order chi connectivity index (χ0) is 12.4. The largest absolute Gasteiger partial charge is 0.484 e. The third kappa shape index (κ3) is 2.28. The van der Waals surface area contributed by atoms with Crippen LogP contribution in [0.1, 0.15) is 21.3 Å². The molecule has 2 aromatic heterocycles. The molecule has 90 valence electrons. The Bertz CT molecular complexity index is 547. The van der Waals surface area contributed by atoms with Crippen molar-refractivity contribution in [1.82, 2.24) is 14.8 Å². The molecule has 6 nitrogen and oxygen atoms in total. The number of nitrogens with zero attached hydrogens (tertiary/aromatic N) is 3. The van der Waals surface area contributed by atoms with Gasteiger partial charge in [-0.05, 0) is 18.4 Å². The van der Waals surface area contributed by atoms with Crippen molar-refractivity contribution in [2.45, 2.75) is 13.5 Å². The maximum atomic E-state index is 10.9. The maximum Gasteiger partial charge on any atom is 0.349 e. The Hall–Kier alpha value is -1.89. The van der Waals surface area contributed by atoms with E-state index < -0.39 is 5.97 Å². The molecule has 2 rings (SSSR count). The van der Waals surface area contributed by atoms with Gasteiger partial charge in [0.05, 0.1) is 0 Å². The highest BCUT2D eigenvalue weighted by molar-refractivity contribution is 7.12. The van der Waals surface area contributed by atoms with Crippen molar-refractivity contribution < 1.29 is 14.6 Å². The number of carboxylic acids is 1. The minimum Gasteiger partial charge on any atom is -0.484 e. The first-order valence-corrected chi connectivity index (χ1v) is 5.76. The molecule has 2 aromatic rings. The minimum absolute atomic E-state index is 0.198. The van der Waals surface area contributed by atoms with E-state index in [9.17, 15) is 4.79 Å². The molecule has 0 aliphatic rings. The topological polar surface area (TPSA) is 77.2 Å². The number of hydrogen-bond acceptors (Lipinski definition) is 5. The third-order valence-electron chi connectivity index (χ3n) is 2.36. The molecule has 0 saturated carbocycles. The second kappa shape index (κ2) is 4.54. The monoisotopic (exact) mass is 253 g/mol. The molecule has 0 aromatic carbocycles. The van der Waals surface area contributed by atoms with Gasteiger partial charge in [-0.25, -0.2) is 4.79 Å². The Morgan fingerprint density at radius 1 is 1.59 bits per heavy atom. The van der Waals surface area contributed by atoms with Crippen LogP contribution in [0.2, 0.25) is 0 Å². The molecular weight excluding hydrogens is 242 g/mol. The third-order valence-corrected chi connectivity index (χ3v) is 3.25. The fourth-order valence-corrected chi connectivity index (χ4v) is 1.96. The fraction of sp³-hybridized carbons (Fsp3) is 0.300. The number of rotatable bonds is 4. The number of ether oxygens (including phenoxy) is 1. The van der Waals surface area contributed by atoms with Crippen molar-refractivity contribution in [3.63, 3.8) is 0 Å². The molecule has 0 fully saturated rings. The highest BCUT2D eigenvalue weighted by atomic mass is 32.1. The van der Waals surface area contributed by atoms with E-state index in [4.69, 9.17) is 9.84 Å². The Morgan fingerprint density at radius 2 is 2.35 bits per heavy atom. The van der Waals surface area contributed by atoms with Crippen molar-refractivity contribution in [3.8, 4) is 5.75 Å². The van der Waals surface area contributed by atoms with Crippen LogP contribution in [0.15, 0.2) is 11.4 Å². The number of aromatic carboxylic acids is 1. The van der Waals surface area contributed by atoms with Gasteiger partial charge in [0.1, 0.15) is 18.2 Å². The lowest BCUT2D eigenvalue weighted by atomic mass is 10.4. The molecule has 7 heteroatoms. The zero-order valence-corrected chi connectivity index (χ0v) is 10.2. The van der Waals surface area contributed by atoms with E-state index in [1.54, 1.807) is 16.0 Å². The summed E-state index contributed by atoms with van der Waals surface area (Å²) in [5.74, 6) is 0.824. The van der Waals surface area contributed by atoms with Crippen molar-refractivity contribution in [2.75, 3.05) is 0 Å². The summed E-state index contributed by atoms with van der Waals surface area (Å²) >= 11 is 1.13. The molecule has 1 N–H and O–H groups in total. The van der Waals surface area contributed by atoms with Crippen LogP contribution in [0.5, 0.6) is 5.75 Å². The average Bonchev–Trinajstić information content (AvgIpc) is 2.86. The van der Waals surface area contributed by atoms with E-state index in [1.807, 2.05) is 14.0 Å². The smallest absolute Gasteiger partial charge is 0.349 e. The van der Waals surface area contributed by atoms with E-state index in [0.717, 1.165) is 17.2 Å². The van der Waals surface area contributed by atoms with Crippen LogP contribution >= 0.6 is 11.3 Å². The molecule has 0 aliphatic heterocycles. The summed E-state index contributed by atoms with van der Waals surface area (Å²) < 4.78 is 7.22. The molecule has 0 amide bonds. The Labute approximate surface area is 101 Å². The van der Waals surface area contributed by atoms with E-state index >= 15 is 0 Å². The second-order valence-electron chi connectivity index (χ2n) is 3.43. The average molecular weight is 253 g/mol. The van der Waals surface area contributed by atoms with Gasteiger partial charge in [0, 0.05) is 7.05 Å². The van der Waals surface area contributed by atoms with Gasteiger partial charge in [0.2, 0.25) is 0 Å². The van der Waals surface area contributed by atoms with Crippen molar-refractivity contribution in [2.24, 2.45) is 7.05 Å². The van der Waals surface area contributed by atoms with Crippen molar-refractivity contribution in [1.29, 1.82) is 0 Å². The van der Waals surface area contributed by atoms with E-state index in [1.165, 1.54) is 0 Å². The highest BCUT2D eigenvalue weighted by Gasteiger charge is 2.14. The Kier molecular flexibility index (Phi) is 3.10. The van der Waals surface area contributed by atoms with Gasteiger partial charge < -0.3 is 14.4 Å². The normalized spacial score (nSPS) is 10.5. The van der Waals surface area contributed by atoms with Crippen LogP contribution in [0.3, 0.4) is 0 Å². The standard InChI is InChI=1S/C10H11N3O3S/c1-6-11-12-8(13(6)2)5-16-7-3-4-17-9(7)10(14)15/h3-4H,5H2,1-2H3,(H,14,15). The first-order chi connectivity index (χ1) is 8.09. The molecule has 0 radical (unpaired) electrons. The summed E-state index contributed by atoms with van der Waals surface area (Å²) in [5, 5.41) is 18.4. The van der Waals surface area contributed by atoms with Gasteiger partial charge in [0.15, 0.2) is 10.7 Å². The summed E-state index contributed by atoms with van der Waals surface area (Å²) in [7, 11) is 1.83. The predicted molar refractivity (Wildman–Crippen MR) is 61.4 cm³/mol. The molecule has 0 bridgehead atoms. The first-order valence-electron chi connectivity index (χ1n) is 4.88. The number of thiophene rings is 1. The summed E-state index contributed by atoms with van der Waals surface area (Å²) in [6, 6.07) is 1.64. The van der Waals surface area contributed by atoms with Crippen LogP contribution in [0, 0.1) is 6.92 Å². The van der Waals surface area contributed by atoms with Gasteiger partial charge >= 0.3 is 5.97 Å². The molecule has 0 atom stereocenters. The zero-order valence-electron chi connectivity index (χ0n) is 9.38. The van der Waals surface area contributed by atoms with Crippen LogP contribution < -0.4 is 4.74 Å². The molecule has 2 heterocycles. The van der Waals surface area contributed by atoms with Crippen LogP contribution in [0.25, 0.3) is 0 Å². The Balaban J connectivity index is 2.10. The summed E-state index contributed by atoms with van der Waals surface area (Å²) in [4.78, 5) is 11.1. The van der Waals surface area contributed by atoms with Crippen LogP contribution in [-0.4, -0.2) is 25.8 Å². The highest BCUT2D eigenvalue weighted by Crippen LogP contribution is 2.25. The lowest BCUT2D eigenvalue weighted by Crippen LogP contribution is -2.05. The second-order valence-corrected chi connectivity index (χ2v) is 4.35. The molecule has 0 saturated heterocycles. The van der Waals surface area contributed by atoms with Crippen molar-refractivity contribution >= 4 is 17.3 Å². The molecular formula is C10H11N3O3S. The van der Waals surface area contributed by atoms with Gasteiger partial charge in [-0.15, -0.1) is 21.5 Å². The van der Waals surface area contributed by atoms with Gasteiger partial charge in [0.25, 0.3) is 0 Å².